The van der Waals surface area contributed by atoms with E-state index in [9.17, 15) is 9.59 Å². The van der Waals surface area contributed by atoms with Crippen LogP contribution < -0.4 is 14.8 Å². The summed E-state index contributed by atoms with van der Waals surface area (Å²) in [5.74, 6) is 0.569. The second-order valence-electron chi connectivity index (χ2n) is 7.75. The molecule has 8 heteroatoms. The molecule has 4 rings (SSSR count). The van der Waals surface area contributed by atoms with Gasteiger partial charge in [0.2, 0.25) is 5.88 Å². The number of hydrogen-bond acceptors (Lipinski definition) is 6. The van der Waals surface area contributed by atoms with Crippen LogP contribution in [0.4, 0.5) is 0 Å². The lowest BCUT2D eigenvalue weighted by Gasteiger charge is -2.26. The van der Waals surface area contributed by atoms with Crippen LogP contribution >= 0.6 is 11.3 Å². The number of nitrogens with one attached hydrogen (secondary N) is 1. The first-order valence-corrected chi connectivity index (χ1v) is 11.8. The minimum Gasteiger partial charge on any atom is -0.482 e. The molecule has 0 aliphatic carbocycles. The number of thiophene rings is 1. The Bertz CT molecular complexity index is 1090. The highest BCUT2D eigenvalue weighted by molar-refractivity contribution is 7.17. The fourth-order valence-electron chi connectivity index (χ4n) is 3.76. The van der Waals surface area contributed by atoms with E-state index in [1.165, 1.54) is 11.3 Å². The monoisotopic (exact) mass is 465 g/mol. The molecule has 1 saturated heterocycles. The number of nitrogens with zero attached hydrogens (tertiary/aromatic N) is 2. The van der Waals surface area contributed by atoms with Gasteiger partial charge in [-0.3, -0.25) is 9.59 Å². The van der Waals surface area contributed by atoms with Crippen molar-refractivity contribution in [2.75, 3.05) is 26.8 Å². The molecule has 172 valence electrons. The van der Waals surface area contributed by atoms with Crippen molar-refractivity contribution in [3.63, 3.8) is 0 Å². The lowest BCUT2D eigenvalue weighted by Crippen LogP contribution is -2.38. The molecule has 3 aromatic rings. The second-order valence-corrected chi connectivity index (χ2v) is 8.81. The number of likely N-dealkylation sites (tertiary alicyclic amines) is 1. The third-order valence-corrected chi connectivity index (χ3v) is 6.67. The predicted molar refractivity (Wildman–Crippen MR) is 128 cm³/mol. The van der Waals surface area contributed by atoms with Gasteiger partial charge in [0.1, 0.15) is 10.6 Å². The highest BCUT2D eigenvalue weighted by Gasteiger charge is 2.22. The van der Waals surface area contributed by atoms with Gasteiger partial charge in [-0.25, -0.2) is 4.98 Å². The number of aromatic nitrogens is 1. The summed E-state index contributed by atoms with van der Waals surface area (Å²) in [5.41, 5.74) is 1.76. The topological polar surface area (TPSA) is 80.8 Å². The van der Waals surface area contributed by atoms with E-state index in [1.807, 2.05) is 47.4 Å². The third-order valence-electron chi connectivity index (χ3n) is 5.51. The van der Waals surface area contributed by atoms with Crippen molar-refractivity contribution in [3.8, 4) is 22.1 Å². The number of hydrogen-bond donors (Lipinski definition) is 1. The van der Waals surface area contributed by atoms with Gasteiger partial charge in [-0.2, -0.15) is 0 Å². The zero-order chi connectivity index (χ0) is 23.0. The Morgan fingerprint density at radius 3 is 2.64 bits per heavy atom. The molecule has 33 heavy (non-hydrogen) atoms. The fourth-order valence-corrected chi connectivity index (χ4v) is 4.78. The predicted octanol–water partition coefficient (Wildman–Crippen LogP) is 4.14. The lowest BCUT2D eigenvalue weighted by molar-refractivity contribution is -0.134. The molecule has 1 fully saturated rings. The van der Waals surface area contributed by atoms with E-state index in [4.69, 9.17) is 9.47 Å². The van der Waals surface area contributed by atoms with Gasteiger partial charge in [-0.15, -0.1) is 11.3 Å². The van der Waals surface area contributed by atoms with Crippen LogP contribution in [0.25, 0.3) is 10.4 Å². The van der Waals surface area contributed by atoms with E-state index in [2.05, 4.69) is 10.3 Å². The van der Waals surface area contributed by atoms with Crippen LogP contribution in [0.5, 0.6) is 11.6 Å². The Morgan fingerprint density at radius 1 is 1.09 bits per heavy atom. The first-order chi connectivity index (χ1) is 16.2. The van der Waals surface area contributed by atoms with E-state index >= 15 is 0 Å². The van der Waals surface area contributed by atoms with Crippen LogP contribution in [0, 0.1) is 0 Å². The summed E-state index contributed by atoms with van der Waals surface area (Å²) < 4.78 is 11.2. The van der Waals surface area contributed by atoms with Crippen molar-refractivity contribution < 1.29 is 19.1 Å². The molecule has 0 spiro atoms. The van der Waals surface area contributed by atoms with Crippen molar-refractivity contribution in [2.24, 2.45) is 0 Å². The number of methoxy groups -OCH3 is 1. The van der Waals surface area contributed by atoms with Crippen LogP contribution in [0.2, 0.25) is 0 Å². The molecule has 0 atom stereocenters. The number of piperidine rings is 1. The number of benzene rings is 1. The molecule has 1 aliphatic heterocycles. The molecule has 0 unspecified atom stereocenters. The van der Waals surface area contributed by atoms with Gasteiger partial charge in [0.25, 0.3) is 11.8 Å². The quantitative estimate of drug-likeness (QED) is 0.541. The highest BCUT2D eigenvalue weighted by atomic mass is 32.1. The third kappa shape index (κ3) is 5.70. The summed E-state index contributed by atoms with van der Waals surface area (Å²) in [6.07, 6.45) is 4.84. The van der Waals surface area contributed by atoms with Crippen molar-refractivity contribution in [2.45, 2.75) is 25.8 Å². The zero-order valence-electron chi connectivity index (χ0n) is 18.6. The summed E-state index contributed by atoms with van der Waals surface area (Å²) in [4.78, 5) is 33.0. The summed E-state index contributed by atoms with van der Waals surface area (Å²) in [7, 11) is 1.55. The molecule has 0 saturated carbocycles. The molecule has 1 aliphatic rings. The zero-order valence-corrected chi connectivity index (χ0v) is 19.4. The SMILES string of the molecule is COc1ncccc1CNC(=O)c1sc(-c2ccccc2)cc1OCC(=O)N1CCCCC1. The molecule has 7 nitrogen and oxygen atoms in total. The summed E-state index contributed by atoms with van der Waals surface area (Å²) in [6.45, 7) is 1.71. The summed E-state index contributed by atoms with van der Waals surface area (Å²) in [5, 5.41) is 2.92. The number of amides is 2. The molecule has 2 amide bonds. The normalized spacial score (nSPS) is 13.4. The van der Waals surface area contributed by atoms with Crippen molar-refractivity contribution in [1.29, 1.82) is 0 Å². The summed E-state index contributed by atoms with van der Waals surface area (Å²) >= 11 is 1.34. The van der Waals surface area contributed by atoms with Crippen LogP contribution in [0.3, 0.4) is 0 Å². The van der Waals surface area contributed by atoms with Gasteiger partial charge in [0.15, 0.2) is 6.61 Å². The Labute approximate surface area is 197 Å². The van der Waals surface area contributed by atoms with E-state index in [0.29, 0.717) is 16.5 Å². The van der Waals surface area contributed by atoms with Gasteiger partial charge in [-0.1, -0.05) is 36.4 Å². The Kier molecular flexibility index (Phi) is 7.57. The molecule has 0 radical (unpaired) electrons. The number of rotatable bonds is 8. The summed E-state index contributed by atoms with van der Waals surface area (Å²) in [6, 6.07) is 15.3. The van der Waals surface area contributed by atoms with E-state index in [1.54, 1.807) is 19.4 Å². The number of ether oxygens (including phenoxy) is 2. The average molecular weight is 466 g/mol. The molecule has 2 aromatic heterocycles. The second kappa shape index (κ2) is 11.0. The first-order valence-electron chi connectivity index (χ1n) is 11.0. The van der Waals surface area contributed by atoms with E-state index in [-0.39, 0.29) is 25.0 Å². The number of carbonyl (C=O) groups excluding carboxylic acids is 2. The molecule has 3 heterocycles. The molecule has 0 bridgehead atoms. The maximum Gasteiger partial charge on any atom is 0.265 e. The van der Waals surface area contributed by atoms with Crippen LogP contribution in [0.15, 0.2) is 54.7 Å². The Balaban J connectivity index is 1.51. The van der Waals surface area contributed by atoms with Gasteiger partial charge in [0, 0.05) is 36.3 Å². The Hall–Kier alpha value is -3.39. The van der Waals surface area contributed by atoms with Crippen molar-refractivity contribution >= 4 is 23.2 Å². The van der Waals surface area contributed by atoms with Crippen LogP contribution in [-0.4, -0.2) is 48.5 Å². The van der Waals surface area contributed by atoms with Gasteiger partial charge < -0.3 is 19.7 Å². The van der Waals surface area contributed by atoms with E-state index < -0.39 is 0 Å². The maximum absolute atomic E-state index is 13.1. The molecular weight excluding hydrogens is 438 g/mol. The average Bonchev–Trinajstić information content (AvgIpc) is 3.31. The molecule has 1 aromatic carbocycles. The maximum atomic E-state index is 13.1. The molecular formula is C25H27N3O4S. The smallest absolute Gasteiger partial charge is 0.265 e. The minimum atomic E-state index is -0.270. The van der Waals surface area contributed by atoms with Gasteiger partial charge in [0.05, 0.1) is 7.11 Å². The van der Waals surface area contributed by atoms with Crippen molar-refractivity contribution in [3.05, 3.63) is 65.2 Å². The number of pyridine rings is 1. The Morgan fingerprint density at radius 2 is 1.88 bits per heavy atom. The van der Waals surface area contributed by atoms with E-state index in [0.717, 1.165) is 48.4 Å². The first kappa shape index (κ1) is 22.8. The fraction of sp³-hybridized carbons (Fsp3) is 0.320. The minimum absolute atomic E-state index is 0.0476. The lowest BCUT2D eigenvalue weighted by atomic mass is 10.1. The van der Waals surface area contributed by atoms with Crippen molar-refractivity contribution in [1.82, 2.24) is 15.2 Å². The van der Waals surface area contributed by atoms with Gasteiger partial charge in [-0.05, 0) is 37.0 Å². The molecule has 1 N–H and O–H groups in total. The largest absolute Gasteiger partial charge is 0.482 e. The highest BCUT2D eigenvalue weighted by Crippen LogP contribution is 2.36. The standard InChI is InChI=1S/C25H27N3O4S/c1-31-25-19(11-8-12-26-25)16-27-24(30)23-20(15-21(33-23)18-9-4-2-5-10-18)32-17-22(29)28-13-6-3-7-14-28/h2,4-5,8-12,15H,3,6-7,13-14,16-17H2,1H3,(H,27,30). The number of carbonyl (C=O) groups is 2. The van der Waals surface area contributed by atoms with Crippen LogP contribution in [-0.2, 0) is 11.3 Å². The van der Waals surface area contributed by atoms with Gasteiger partial charge >= 0.3 is 0 Å². The van der Waals surface area contributed by atoms with Crippen LogP contribution in [0.1, 0.15) is 34.5 Å².